The molecular formula is C9H16N4O. The molecule has 0 bridgehead atoms. The van der Waals surface area contributed by atoms with Crippen LogP contribution in [-0.4, -0.2) is 30.3 Å². The van der Waals surface area contributed by atoms with E-state index in [1.165, 1.54) is 6.42 Å². The molecule has 2 rings (SSSR count). The Labute approximate surface area is 83.3 Å². The highest BCUT2D eigenvalue weighted by atomic mass is 16.5. The number of hydrogen-bond donors (Lipinski definition) is 2. The van der Waals surface area contributed by atoms with Crippen LogP contribution in [0.4, 0.5) is 0 Å². The highest BCUT2D eigenvalue weighted by molar-refractivity contribution is 4.89. The number of nitrogens with zero attached hydrogens (tertiary/aromatic N) is 2. The van der Waals surface area contributed by atoms with Crippen LogP contribution >= 0.6 is 0 Å². The maximum absolute atomic E-state index is 5.15. The number of rotatable bonds is 4. The van der Waals surface area contributed by atoms with Crippen molar-refractivity contribution in [3.63, 3.8) is 0 Å². The second-order valence-corrected chi connectivity index (χ2v) is 3.70. The van der Waals surface area contributed by atoms with Crippen LogP contribution in [0.2, 0.25) is 0 Å². The Bertz CT molecular complexity index is 280. The molecular weight excluding hydrogens is 180 g/mol. The quantitative estimate of drug-likeness (QED) is 0.706. The Morgan fingerprint density at radius 1 is 1.64 bits per heavy atom. The Morgan fingerprint density at radius 2 is 2.57 bits per heavy atom. The molecule has 2 heterocycles. The van der Waals surface area contributed by atoms with Crippen molar-refractivity contribution in [2.45, 2.75) is 19.4 Å². The van der Waals surface area contributed by atoms with E-state index in [1.54, 1.807) is 0 Å². The van der Waals surface area contributed by atoms with E-state index in [2.05, 4.69) is 20.8 Å². The second kappa shape index (κ2) is 4.52. The normalized spacial score (nSPS) is 21.6. The zero-order valence-corrected chi connectivity index (χ0v) is 8.42. The molecule has 1 atom stereocenters. The molecule has 1 aromatic rings. The highest BCUT2D eigenvalue weighted by Crippen LogP contribution is 2.13. The lowest BCUT2D eigenvalue weighted by molar-refractivity contribution is 0.353. The molecule has 1 aromatic heterocycles. The summed E-state index contributed by atoms with van der Waals surface area (Å²) in [7, 11) is 1.87. The molecule has 1 aliphatic rings. The lowest BCUT2D eigenvalue weighted by atomic mass is 10.1. The first-order valence-electron chi connectivity index (χ1n) is 5.05. The van der Waals surface area contributed by atoms with Gasteiger partial charge in [-0.25, -0.2) is 0 Å². The average molecular weight is 196 g/mol. The molecule has 0 aliphatic carbocycles. The fraction of sp³-hybridized carbons (Fsp3) is 0.778. The van der Waals surface area contributed by atoms with Gasteiger partial charge in [-0.15, -0.1) is 0 Å². The van der Waals surface area contributed by atoms with Crippen LogP contribution in [0, 0.1) is 5.92 Å². The first-order valence-corrected chi connectivity index (χ1v) is 5.05. The summed E-state index contributed by atoms with van der Waals surface area (Å²) in [5.74, 6) is 2.18. The molecule has 1 fully saturated rings. The first kappa shape index (κ1) is 9.61. The zero-order chi connectivity index (χ0) is 9.80. The Hall–Kier alpha value is -0.940. The second-order valence-electron chi connectivity index (χ2n) is 3.70. The maximum Gasteiger partial charge on any atom is 0.227 e. The molecule has 5 nitrogen and oxygen atoms in total. The summed E-state index contributed by atoms with van der Waals surface area (Å²) in [4.78, 5) is 4.30. The van der Waals surface area contributed by atoms with E-state index in [-0.39, 0.29) is 0 Å². The van der Waals surface area contributed by atoms with Crippen LogP contribution in [0.3, 0.4) is 0 Å². The molecule has 5 heteroatoms. The number of nitrogens with one attached hydrogen (secondary N) is 2. The minimum absolute atomic E-state index is 0.665. The molecule has 1 unspecified atom stereocenters. The van der Waals surface area contributed by atoms with Crippen LogP contribution < -0.4 is 10.6 Å². The fourth-order valence-corrected chi connectivity index (χ4v) is 1.74. The molecule has 0 amide bonds. The molecule has 0 aromatic carbocycles. The highest BCUT2D eigenvalue weighted by Gasteiger charge is 2.18. The van der Waals surface area contributed by atoms with Gasteiger partial charge in [-0.1, -0.05) is 5.16 Å². The number of hydrogen-bond acceptors (Lipinski definition) is 5. The third-order valence-corrected chi connectivity index (χ3v) is 2.47. The topological polar surface area (TPSA) is 63.0 Å². The molecule has 14 heavy (non-hydrogen) atoms. The van der Waals surface area contributed by atoms with E-state index in [0.29, 0.717) is 12.5 Å². The van der Waals surface area contributed by atoms with Gasteiger partial charge >= 0.3 is 0 Å². The Balaban J connectivity index is 1.88. The predicted molar refractivity (Wildman–Crippen MR) is 51.7 cm³/mol. The van der Waals surface area contributed by atoms with Crippen molar-refractivity contribution in [3.05, 3.63) is 11.7 Å². The van der Waals surface area contributed by atoms with Gasteiger partial charge in [0.15, 0.2) is 5.82 Å². The summed E-state index contributed by atoms with van der Waals surface area (Å²) >= 11 is 0. The fourth-order valence-electron chi connectivity index (χ4n) is 1.74. The van der Waals surface area contributed by atoms with Gasteiger partial charge in [0.25, 0.3) is 0 Å². The summed E-state index contributed by atoms with van der Waals surface area (Å²) < 4.78 is 5.15. The van der Waals surface area contributed by atoms with Gasteiger partial charge in [-0.3, -0.25) is 0 Å². The Morgan fingerprint density at radius 3 is 3.29 bits per heavy atom. The Kier molecular flexibility index (Phi) is 3.10. The third kappa shape index (κ3) is 2.30. The van der Waals surface area contributed by atoms with E-state index in [9.17, 15) is 0 Å². The van der Waals surface area contributed by atoms with Gasteiger partial charge in [-0.05, 0) is 32.5 Å². The minimum Gasteiger partial charge on any atom is -0.339 e. The summed E-state index contributed by atoms with van der Waals surface area (Å²) in [6, 6.07) is 0. The van der Waals surface area contributed by atoms with Crippen LogP contribution in [0.5, 0.6) is 0 Å². The molecule has 78 valence electrons. The van der Waals surface area contributed by atoms with Crippen LogP contribution in [0.15, 0.2) is 4.52 Å². The van der Waals surface area contributed by atoms with E-state index in [4.69, 9.17) is 4.52 Å². The van der Waals surface area contributed by atoms with Crippen molar-refractivity contribution in [2.75, 3.05) is 20.1 Å². The smallest absolute Gasteiger partial charge is 0.227 e. The van der Waals surface area contributed by atoms with Crippen LogP contribution in [0.25, 0.3) is 0 Å². The third-order valence-electron chi connectivity index (χ3n) is 2.47. The minimum atomic E-state index is 0.665. The lowest BCUT2D eigenvalue weighted by Crippen LogP contribution is -2.11. The zero-order valence-electron chi connectivity index (χ0n) is 8.42. The van der Waals surface area contributed by atoms with E-state index >= 15 is 0 Å². The molecule has 1 saturated heterocycles. The first-order chi connectivity index (χ1) is 6.88. The van der Waals surface area contributed by atoms with Crippen molar-refractivity contribution in [3.8, 4) is 0 Å². The van der Waals surface area contributed by atoms with Gasteiger partial charge in [0.1, 0.15) is 0 Å². The van der Waals surface area contributed by atoms with Crippen LogP contribution in [-0.2, 0) is 13.0 Å². The molecule has 0 spiro atoms. The molecule has 1 aliphatic heterocycles. The van der Waals surface area contributed by atoms with Gasteiger partial charge in [-0.2, -0.15) is 4.98 Å². The number of aromatic nitrogens is 2. The summed E-state index contributed by atoms with van der Waals surface area (Å²) in [6.45, 7) is 2.86. The monoisotopic (exact) mass is 196 g/mol. The van der Waals surface area contributed by atoms with Crippen molar-refractivity contribution in [1.29, 1.82) is 0 Å². The predicted octanol–water partition coefficient (Wildman–Crippen LogP) is -0.0590. The van der Waals surface area contributed by atoms with Crippen molar-refractivity contribution in [1.82, 2.24) is 20.8 Å². The van der Waals surface area contributed by atoms with Crippen molar-refractivity contribution >= 4 is 0 Å². The lowest BCUT2D eigenvalue weighted by Gasteiger charge is -2.01. The molecule has 2 N–H and O–H groups in total. The van der Waals surface area contributed by atoms with Gasteiger partial charge < -0.3 is 15.2 Å². The van der Waals surface area contributed by atoms with Gasteiger partial charge in [0.2, 0.25) is 5.89 Å². The summed E-state index contributed by atoms with van der Waals surface area (Å²) in [5, 5.41) is 10.2. The average Bonchev–Trinajstić information content (AvgIpc) is 2.79. The van der Waals surface area contributed by atoms with Gasteiger partial charge in [0, 0.05) is 6.42 Å². The summed E-state index contributed by atoms with van der Waals surface area (Å²) in [5.41, 5.74) is 0. The van der Waals surface area contributed by atoms with Crippen molar-refractivity contribution < 1.29 is 4.52 Å². The van der Waals surface area contributed by atoms with Crippen molar-refractivity contribution in [2.24, 2.45) is 5.92 Å². The summed E-state index contributed by atoms with van der Waals surface area (Å²) in [6.07, 6.45) is 2.12. The van der Waals surface area contributed by atoms with Gasteiger partial charge in [0.05, 0.1) is 6.54 Å². The van der Waals surface area contributed by atoms with E-state index in [0.717, 1.165) is 31.2 Å². The molecule has 0 radical (unpaired) electrons. The maximum atomic E-state index is 5.15. The van der Waals surface area contributed by atoms with Crippen LogP contribution in [0.1, 0.15) is 18.1 Å². The standard InChI is InChI=1S/C9H16N4O/c1-10-6-8-12-9(14-13-8)4-7-2-3-11-5-7/h7,10-11H,2-6H2,1H3. The molecule has 0 saturated carbocycles. The van der Waals surface area contributed by atoms with E-state index < -0.39 is 0 Å². The SMILES string of the molecule is CNCc1noc(CC2CCNC2)n1. The largest absolute Gasteiger partial charge is 0.339 e. The van der Waals surface area contributed by atoms with E-state index in [1.807, 2.05) is 7.05 Å².